The minimum Gasteiger partial charge on any atom is -0.0622 e. The Kier molecular flexibility index (Phi) is 13.8. The average Bonchev–Trinajstić information content (AvgIpc) is 3.05. The van der Waals surface area contributed by atoms with E-state index in [9.17, 15) is 0 Å². The molecule has 0 radical (unpaired) electrons. The smallest absolute Gasteiger partial charge is 0.0134 e. The summed E-state index contributed by atoms with van der Waals surface area (Å²) in [6, 6.07) is 64.7. The maximum atomic E-state index is 4.83. The van der Waals surface area contributed by atoms with E-state index >= 15 is 0 Å². The van der Waals surface area contributed by atoms with Crippen LogP contribution >= 0.6 is 35.2 Å². The van der Waals surface area contributed by atoms with E-state index in [2.05, 4.69) is 182 Å². The number of hydrogen-bond donors (Lipinski definition) is 0. The molecule has 5 heteroatoms. The summed E-state index contributed by atoms with van der Waals surface area (Å²) in [7, 11) is 8.78. The van der Waals surface area contributed by atoms with Crippen LogP contribution in [0.25, 0.3) is 0 Å². The third-order valence-corrected chi connectivity index (χ3v) is 11.0. The van der Waals surface area contributed by atoms with Gasteiger partial charge in [-0.15, -0.1) is 0 Å². The molecule has 0 saturated carbocycles. The van der Waals surface area contributed by atoms with Gasteiger partial charge >= 0.3 is 34.5 Å². The van der Waals surface area contributed by atoms with Gasteiger partial charge in [-0.05, 0) is 47.7 Å². The van der Waals surface area contributed by atoms with Gasteiger partial charge in [0.15, 0.2) is 0 Å². The van der Waals surface area contributed by atoms with Crippen molar-refractivity contribution in [3.63, 3.8) is 0 Å². The van der Waals surface area contributed by atoms with Gasteiger partial charge < -0.3 is 0 Å². The predicted octanol–water partition coefficient (Wildman–Crippen LogP) is 8.27. The Morgan fingerprint density at radius 3 is 0.512 bits per heavy atom. The van der Waals surface area contributed by atoms with E-state index < -0.39 is 15.8 Å². The quantitative estimate of drug-likeness (QED) is 0.122. The molecule has 207 valence electrons. The summed E-state index contributed by atoms with van der Waals surface area (Å²) in [6.45, 7) is 0. The normalized spacial score (nSPS) is 10.3. The van der Waals surface area contributed by atoms with E-state index in [1.54, 1.807) is 0 Å². The molecule has 0 unspecified atom stereocenters. The maximum Gasteiger partial charge on any atom is -0.0134 e. The fraction of sp³-hybridized carbons (Fsp3) is 0. The molecule has 0 aliphatic rings. The zero-order valence-corrected chi connectivity index (χ0v) is 27.2. The summed E-state index contributed by atoms with van der Waals surface area (Å²) in [5.41, 5.74) is 0. The van der Waals surface area contributed by atoms with E-state index in [0.717, 1.165) is 0 Å². The van der Waals surface area contributed by atoms with Crippen LogP contribution in [0.1, 0.15) is 0 Å². The first-order valence-corrected chi connectivity index (χ1v) is 20.0. The summed E-state index contributed by atoms with van der Waals surface area (Å²) >= 11 is -0.226. The van der Waals surface area contributed by atoms with Gasteiger partial charge in [0.2, 0.25) is 0 Å². The Hall–Kier alpha value is -2.62. The number of rotatable bonds is 6. The van der Waals surface area contributed by atoms with Crippen LogP contribution in [0.15, 0.2) is 182 Å². The summed E-state index contributed by atoms with van der Waals surface area (Å²) in [5.74, 6) is 0. The minimum atomic E-state index is -0.446. The van der Waals surface area contributed by atoms with Crippen molar-refractivity contribution in [1.82, 2.24) is 0 Å². The van der Waals surface area contributed by atoms with Gasteiger partial charge in [-0.3, -0.25) is 0 Å². The first-order chi connectivity index (χ1) is 20.3. The van der Waals surface area contributed by atoms with Crippen molar-refractivity contribution in [3.8, 4) is 0 Å². The SMILES string of the molecule is [Cl][Rh][Cl].c1ccc(P(c2ccccc2)c2ccccc2)cc1.c1ccc(P(c2ccccc2)c2ccccc2)cc1. The minimum absolute atomic E-state index is 0.226. The molecular weight excluding hydrogens is 668 g/mol. The van der Waals surface area contributed by atoms with Gasteiger partial charge in [0.05, 0.1) is 0 Å². The van der Waals surface area contributed by atoms with Crippen molar-refractivity contribution >= 4 is 67.1 Å². The molecule has 0 fully saturated rings. The van der Waals surface area contributed by atoms with Crippen molar-refractivity contribution in [3.05, 3.63) is 182 Å². The molecule has 6 aromatic rings. The molecule has 0 aromatic heterocycles. The molecule has 6 rings (SSSR count). The Morgan fingerprint density at radius 2 is 0.390 bits per heavy atom. The molecule has 0 amide bonds. The summed E-state index contributed by atoms with van der Waals surface area (Å²) in [4.78, 5) is 0. The zero-order valence-electron chi connectivity index (χ0n) is 22.3. The van der Waals surface area contributed by atoms with Gasteiger partial charge in [-0.25, -0.2) is 0 Å². The Morgan fingerprint density at radius 1 is 0.268 bits per heavy atom. The number of halogens is 2. The third-order valence-electron chi connectivity index (χ3n) is 6.09. The molecule has 0 N–H and O–H groups in total. The van der Waals surface area contributed by atoms with Crippen LogP contribution in [0.4, 0.5) is 0 Å². The molecule has 41 heavy (non-hydrogen) atoms. The molecule has 6 aromatic carbocycles. The van der Waals surface area contributed by atoms with Crippen molar-refractivity contribution < 1.29 is 15.1 Å². The van der Waals surface area contributed by atoms with Crippen molar-refractivity contribution in [2.45, 2.75) is 0 Å². The first kappa shape index (κ1) is 31.3. The molecule has 0 spiro atoms. The van der Waals surface area contributed by atoms with Crippen LogP contribution < -0.4 is 31.8 Å². The van der Waals surface area contributed by atoms with E-state index in [4.69, 9.17) is 19.4 Å². The fourth-order valence-electron chi connectivity index (χ4n) is 4.36. The topological polar surface area (TPSA) is 0 Å². The van der Waals surface area contributed by atoms with Gasteiger partial charge in [0.25, 0.3) is 0 Å². The average molecular weight is 698 g/mol. The van der Waals surface area contributed by atoms with Gasteiger partial charge in [-0.2, -0.15) is 0 Å². The van der Waals surface area contributed by atoms with E-state index in [0.29, 0.717) is 0 Å². The monoisotopic (exact) mass is 697 g/mol. The molecular formula is C36H30Cl2P2Rh. The second kappa shape index (κ2) is 18.0. The molecule has 0 heterocycles. The molecule has 0 bridgehead atoms. The predicted molar refractivity (Wildman–Crippen MR) is 182 cm³/mol. The molecule has 0 aliphatic heterocycles. The Balaban J connectivity index is 0.000000173. The molecule has 0 nitrogen and oxygen atoms in total. The maximum absolute atomic E-state index is 4.83. The van der Waals surface area contributed by atoms with E-state index in [1.807, 2.05) is 0 Å². The molecule has 0 atom stereocenters. The Labute approximate surface area is 262 Å². The van der Waals surface area contributed by atoms with Crippen LogP contribution in [0, 0.1) is 0 Å². The van der Waals surface area contributed by atoms with Crippen molar-refractivity contribution in [1.29, 1.82) is 0 Å². The third kappa shape index (κ3) is 9.72. The van der Waals surface area contributed by atoms with E-state index in [1.165, 1.54) is 31.8 Å². The van der Waals surface area contributed by atoms with Crippen LogP contribution in [-0.4, -0.2) is 0 Å². The standard InChI is InChI=1S/2C18H15P.2ClH.Rh/c2*1-4-10-16(11-5-1)19(17-12-6-2-7-13-17)18-14-8-3-9-15-18;;;/h2*1-15H;2*1H;/q;;;;+2/p-2. The first-order valence-electron chi connectivity index (χ1n) is 13.1. The summed E-state index contributed by atoms with van der Waals surface area (Å²) < 4.78 is 0. The van der Waals surface area contributed by atoms with Gasteiger partial charge in [-0.1, -0.05) is 182 Å². The second-order valence-corrected chi connectivity index (χ2v) is 15.7. The van der Waals surface area contributed by atoms with Crippen LogP contribution in [0.3, 0.4) is 0 Å². The van der Waals surface area contributed by atoms with Crippen LogP contribution in [0.5, 0.6) is 0 Å². The number of hydrogen-bond acceptors (Lipinski definition) is 0. The van der Waals surface area contributed by atoms with E-state index in [-0.39, 0.29) is 15.1 Å². The summed E-state index contributed by atoms with van der Waals surface area (Å²) in [6.07, 6.45) is 0. The van der Waals surface area contributed by atoms with Crippen molar-refractivity contribution in [2.24, 2.45) is 0 Å². The fourth-order valence-corrected chi connectivity index (χ4v) is 8.97. The summed E-state index contributed by atoms with van der Waals surface area (Å²) in [5, 5.41) is 8.39. The van der Waals surface area contributed by atoms with Crippen LogP contribution in [0.2, 0.25) is 0 Å². The second-order valence-electron chi connectivity index (χ2n) is 8.73. The van der Waals surface area contributed by atoms with Gasteiger partial charge in [0.1, 0.15) is 0 Å². The molecule has 0 saturated heterocycles. The van der Waals surface area contributed by atoms with Crippen molar-refractivity contribution in [2.75, 3.05) is 0 Å². The van der Waals surface area contributed by atoms with Crippen LogP contribution in [-0.2, 0) is 15.1 Å². The Bertz CT molecular complexity index is 1200. The zero-order chi connectivity index (χ0) is 28.5. The van der Waals surface area contributed by atoms with Gasteiger partial charge in [0, 0.05) is 0 Å². The number of benzene rings is 6. The molecule has 0 aliphatic carbocycles. The largest absolute Gasteiger partial charge is 0.0622 e.